The fraction of sp³-hybridized carbons (Fsp3) is 0.316. The van der Waals surface area contributed by atoms with Crippen LogP contribution in [0.15, 0.2) is 42.5 Å². The van der Waals surface area contributed by atoms with Gasteiger partial charge >= 0.3 is 0 Å². The molecule has 1 amide bonds. The number of carbonyl (C=O) groups excluding carboxylic acids is 1. The van der Waals surface area contributed by atoms with Gasteiger partial charge in [0, 0.05) is 6.07 Å². The highest BCUT2D eigenvalue weighted by Crippen LogP contribution is 2.31. The van der Waals surface area contributed by atoms with Crippen LogP contribution in [0, 0.1) is 0 Å². The summed E-state index contributed by atoms with van der Waals surface area (Å²) >= 11 is 0. The molecule has 25 heavy (non-hydrogen) atoms. The van der Waals surface area contributed by atoms with E-state index in [1.807, 2.05) is 31.2 Å². The summed E-state index contributed by atoms with van der Waals surface area (Å²) in [5.74, 6) is 2.24. The lowest BCUT2D eigenvalue weighted by molar-refractivity contribution is 0.0605. The van der Waals surface area contributed by atoms with Crippen molar-refractivity contribution in [3.05, 3.63) is 48.0 Å². The number of benzene rings is 2. The number of carbonyl (C=O) groups is 1. The molecule has 0 spiro atoms. The van der Waals surface area contributed by atoms with Crippen LogP contribution in [0.4, 0.5) is 0 Å². The Bertz CT molecular complexity index is 761. The molecule has 1 aliphatic heterocycles. The quantitative estimate of drug-likeness (QED) is 0.904. The van der Waals surface area contributed by atoms with E-state index in [4.69, 9.17) is 18.9 Å². The molecular weight excluding hydrogens is 322 g/mol. The van der Waals surface area contributed by atoms with Gasteiger partial charge in [-0.3, -0.25) is 4.79 Å². The van der Waals surface area contributed by atoms with Crippen LogP contribution < -0.4 is 24.3 Å². The molecule has 0 aromatic heterocycles. The number of hydrogen-bond donors (Lipinski definition) is 1. The van der Waals surface area contributed by atoms with Crippen molar-refractivity contribution in [1.82, 2.24) is 5.32 Å². The molecule has 1 aliphatic rings. The molecule has 1 N–H and O–H groups in total. The molecule has 2 aromatic rings. The Labute approximate surface area is 146 Å². The number of methoxy groups -OCH3 is 2. The average Bonchev–Trinajstić information content (AvgIpc) is 2.66. The Morgan fingerprint density at radius 1 is 1.16 bits per heavy atom. The molecule has 6 nitrogen and oxygen atoms in total. The van der Waals surface area contributed by atoms with Crippen molar-refractivity contribution in [1.29, 1.82) is 0 Å². The van der Waals surface area contributed by atoms with E-state index in [0.29, 0.717) is 35.2 Å². The van der Waals surface area contributed by atoms with Gasteiger partial charge in [-0.2, -0.15) is 0 Å². The summed E-state index contributed by atoms with van der Waals surface area (Å²) in [7, 11) is 3.08. The first-order valence-electron chi connectivity index (χ1n) is 8.03. The molecule has 0 aliphatic carbocycles. The average molecular weight is 343 g/mol. The van der Waals surface area contributed by atoms with Gasteiger partial charge in [0.2, 0.25) is 0 Å². The molecule has 2 aromatic carbocycles. The molecule has 0 saturated heterocycles. The lowest BCUT2D eigenvalue weighted by Gasteiger charge is -2.30. The van der Waals surface area contributed by atoms with Crippen molar-refractivity contribution in [2.75, 3.05) is 20.8 Å². The number of para-hydroxylation sites is 2. The minimum Gasteiger partial charge on any atom is -0.497 e. The molecule has 0 bridgehead atoms. The molecule has 6 heteroatoms. The third-order valence-electron chi connectivity index (χ3n) is 4.10. The second-order valence-electron chi connectivity index (χ2n) is 5.74. The summed E-state index contributed by atoms with van der Waals surface area (Å²) in [6, 6.07) is 12.3. The summed E-state index contributed by atoms with van der Waals surface area (Å²) in [5.41, 5.74) is 0.437. The number of nitrogens with one attached hydrogen (secondary N) is 1. The topological polar surface area (TPSA) is 66.0 Å². The fourth-order valence-corrected chi connectivity index (χ4v) is 2.65. The van der Waals surface area contributed by atoms with Crippen molar-refractivity contribution in [2.24, 2.45) is 0 Å². The zero-order chi connectivity index (χ0) is 17.8. The van der Waals surface area contributed by atoms with Gasteiger partial charge in [0.25, 0.3) is 5.91 Å². The van der Waals surface area contributed by atoms with E-state index in [2.05, 4.69) is 5.32 Å². The van der Waals surface area contributed by atoms with Crippen LogP contribution >= 0.6 is 0 Å². The highest BCUT2D eigenvalue weighted by atomic mass is 16.6. The fourth-order valence-electron chi connectivity index (χ4n) is 2.65. The number of hydrogen-bond acceptors (Lipinski definition) is 5. The van der Waals surface area contributed by atoms with Crippen LogP contribution in [-0.2, 0) is 0 Å². The van der Waals surface area contributed by atoms with Crippen molar-refractivity contribution in [3.63, 3.8) is 0 Å². The Hall–Kier alpha value is -2.89. The molecule has 0 saturated carbocycles. The van der Waals surface area contributed by atoms with Crippen LogP contribution in [0.2, 0.25) is 0 Å². The first-order chi connectivity index (χ1) is 12.1. The normalized spacial score (nSPS) is 16.7. The van der Waals surface area contributed by atoms with Crippen molar-refractivity contribution in [2.45, 2.75) is 19.1 Å². The second-order valence-corrected chi connectivity index (χ2v) is 5.74. The summed E-state index contributed by atoms with van der Waals surface area (Å²) in [6.45, 7) is 2.26. The Balaban J connectivity index is 1.69. The number of rotatable bonds is 5. The Morgan fingerprint density at radius 3 is 2.64 bits per heavy atom. The molecule has 2 atom stereocenters. The van der Waals surface area contributed by atoms with E-state index in [9.17, 15) is 4.79 Å². The molecule has 0 radical (unpaired) electrons. The molecular formula is C19H21NO5. The predicted octanol–water partition coefficient (Wildman–Crippen LogP) is 2.66. The maximum atomic E-state index is 12.6. The smallest absolute Gasteiger partial charge is 0.255 e. The minimum absolute atomic E-state index is 0.241. The van der Waals surface area contributed by atoms with Gasteiger partial charge in [-0.25, -0.2) is 0 Å². The van der Waals surface area contributed by atoms with Gasteiger partial charge in [-0.05, 0) is 31.2 Å². The lowest BCUT2D eigenvalue weighted by Crippen LogP contribution is -2.48. The predicted molar refractivity (Wildman–Crippen MR) is 92.8 cm³/mol. The van der Waals surface area contributed by atoms with Crippen LogP contribution in [0.3, 0.4) is 0 Å². The molecule has 0 unspecified atom stereocenters. The number of amides is 1. The van der Waals surface area contributed by atoms with Crippen molar-refractivity contribution < 1.29 is 23.7 Å². The van der Waals surface area contributed by atoms with Gasteiger partial charge in [0.1, 0.15) is 18.1 Å². The van der Waals surface area contributed by atoms with Gasteiger partial charge in [-0.1, -0.05) is 12.1 Å². The maximum Gasteiger partial charge on any atom is 0.255 e. The zero-order valence-electron chi connectivity index (χ0n) is 14.4. The van der Waals surface area contributed by atoms with Gasteiger partial charge in [0.05, 0.1) is 25.8 Å². The van der Waals surface area contributed by atoms with E-state index in [0.717, 1.165) is 0 Å². The van der Waals surface area contributed by atoms with E-state index >= 15 is 0 Å². The van der Waals surface area contributed by atoms with E-state index in [1.54, 1.807) is 25.3 Å². The third-order valence-corrected chi connectivity index (χ3v) is 4.10. The van der Waals surface area contributed by atoms with E-state index < -0.39 is 0 Å². The molecule has 1 heterocycles. The number of ether oxygens (including phenoxy) is 4. The Kier molecular flexibility index (Phi) is 4.97. The first-order valence-corrected chi connectivity index (χ1v) is 8.03. The summed E-state index contributed by atoms with van der Waals surface area (Å²) in [6.07, 6.45) is -0.275. The van der Waals surface area contributed by atoms with Gasteiger partial charge in [0.15, 0.2) is 17.6 Å². The van der Waals surface area contributed by atoms with Crippen LogP contribution in [-0.4, -0.2) is 38.9 Å². The highest BCUT2D eigenvalue weighted by molar-refractivity contribution is 5.97. The Morgan fingerprint density at radius 2 is 1.92 bits per heavy atom. The van der Waals surface area contributed by atoms with E-state index in [-0.39, 0.29) is 18.1 Å². The van der Waals surface area contributed by atoms with Gasteiger partial charge < -0.3 is 24.3 Å². The maximum absolute atomic E-state index is 12.6. The van der Waals surface area contributed by atoms with Crippen LogP contribution in [0.5, 0.6) is 23.0 Å². The summed E-state index contributed by atoms with van der Waals surface area (Å²) in [4.78, 5) is 12.6. The monoisotopic (exact) mass is 343 g/mol. The van der Waals surface area contributed by atoms with Crippen LogP contribution in [0.1, 0.15) is 17.3 Å². The van der Waals surface area contributed by atoms with Crippen molar-refractivity contribution in [3.8, 4) is 23.0 Å². The third kappa shape index (κ3) is 3.63. The highest BCUT2D eigenvalue weighted by Gasteiger charge is 2.28. The molecule has 0 fully saturated rings. The van der Waals surface area contributed by atoms with E-state index in [1.165, 1.54) is 7.11 Å². The number of fused-ring (bicyclic) bond motifs is 1. The zero-order valence-corrected chi connectivity index (χ0v) is 14.4. The largest absolute Gasteiger partial charge is 0.497 e. The van der Waals surface area contributed by atoms with Crippen molar-refractivity contribution >= 4 is 5.91 Å². The first kappa shape index (κ1) is 17.0. The lowest BCUT2D eigenvalue weighted by atomic mass is 10.1. The van der Waals surface area contributed by atoms with Crippen LogP contribution in [0.25, 0.3) is 0 Å². The standard InChI is InChI=1S/C19H21NO5/c1-12(18-11-24-15-6-4-5-7-16(15)25-18)20-19(21)14-9-8-13(22-2)10-17(14)23-3/h4-10,12,18H,11H2,1-3H3,(H,20,21)/t12-,18-/m0/s1. The second kappa shape index (κ2) is 7.34. The SMILES string of the molecule is COc1ccc(C(=O)N[C@@H](C)[C@@H]2COc3ccccc3O2)c(OC)c1. The van der Waals surface area contributed by atoms with Gasteiger partial charge in [-0.15, -0.1) is 0 Å². The summed E-state index contributed by atoms with van der Waals surface area (Å²) in [5, 5.41) is 2.94. The molecule has 3 rings (SSSR count). The molecule has 132 valence electrons. The summed E-state index contributed by atoms with van der Waals surface area (Å²) < 4.78 is 22.1. The minimum atomic E-state index is -0.275.